The van der Waals surface area contributed by atoms with Gasteiger partial charge in [-0.2, -0.15) is 0 Å². The van der Waals surface area contributed by atoms with Crippen LogP contribution in [0.5, 0.6) is 0 Å². The van der Waals surface area contributed by atoms with Crippen LogP contribution in [0.25, 0.3) is 11.0 Å². The van der Waals surface area contributed by atoms with Gasteiger partial charge in [0, 0.05) is 12.1 Å². The van der Waals surface area contributed by atoms with Crippen molar-refractivity contribution in [3.63, 3.8) is 0 Å². The van der Waals surface area contributed by atoms with E-state index in [0.717, 1.165) is 35.4 Å². The lowest BCUT2D eigenvalue weighted by Gasteiger charge is -2.00. The van der Waals surface area contributed by atoms with Crippen molar-refractivity contribution in [2.24, 2.45) is 4.99 Å². The zero-order valence-corrected chi connectivity index (χ0v) is 16.4. The average molecular weight is 338 g/mol. The second kappa shape index (κ2) is 11.2. The molecule has 0 aliphatic rings. The summed E-state index contributed by atoms with van der Waals surface area (Å²) in [6.07, 6.45) is 1.99. The molecule has 0 saturated carbocycles. The summed E-state index contributed by atoms with van der Waals surface area (Å²) in [5.74, 6) is 1.06. The first kappa shape index (κ1) is 20.6. The monoisotopic (exact) mass is 337 g/mol. The van der Waals surface area contributed by atoms with E-state index in [9.17, 15) is 0 Å². The highest BCUT2D eigenvalue weighted by molar-refractivity contribution is 5.84. The highest BCUT2D eigenvalue weighted by atomic mass is 14.9. The number of imidazole rings is 1. The van der Waals surface area contributed by atoms with Crippen molar-refractivity contribution >= 4 is 22.4 Å². The Morgan fingerprint density at radius 2 is 1.64 bits per heavy atom. The summed E-state index contributed by atoms with van der Waals surface area (Å²) >= 11 is 0. The van der Waals surface area contributed by atoms with Crippen LogP contribution in [0.1, 0.15) is 52.4 Å². The molecule has 0 aliphatic carbocycles. The molecule has 0 fully saturated rings. The van der Waals surface area contributed by atoms with E-state index in [-0.39, 0.29) is 0 Å². The zero-order chi connectivity index (χ0) is 18.7. The predicted molar refractivity (Wildman–Crippen MR) is 111 cm³/mol. The van der Waals surface area contributed by atoms with Crippen molar-refractivity contribution in [1.29, 1.82) is 0 Å². The molecule has 3 rings (SSSR count). The standard InChI is InChI=1S/C11H15N.C9H10N2.C2H6/c1-4-10(3)12-11-8-6-5-7-9(11)2;1-2-9-10-7-5-3-4-6-8(7)11-9;1-2/h5-8H,4H2,1-3H3;3-6H,2H2,1H3,(H,10,11);1-2H3. The molecule has 3 aromatic rings. The third kappa shape index (κ3) is 6.54. The minimum absolute atomic E-state index is 0.967. The Labute approximate surface area is 152 Å². The van der Waals surface area contributed by atoms with Gasteiger partial charge < -0.3 is 4.98 Å². The Balaban J connectivity index is 0.000000228. The van der Waals surface area contributed by atoms with Crippen molar-refractivity contribution in [2.75, 3.05) is 0 Å². The number of aliphatic imine (C=N–C) groups is 1. The van der Waals surface area contributed by atoms with Crippen LogP contribution in [0.4, 0.5) is 5.69 Å². The summed E-state index contributed by atoms with van der Waals surface area (Å²) in [5, 5.41) is 0. The molecular weight excluding hydrogens is 306 g/mol. The van der Waals surface area contributed by atoms with Crippen LogP contribution in [0.15, 0.2) is 53.5 Å². The Bertz CT molecular complexity index is 752. The highest BCUT2D eigenvalue weighted by Crippen LogP contribution is 2.17. The van der Waals surface area contributed by atoms with Crippen molar-refractivity contribution in [2.45, 2.75) is 54.4 Å². The number of nitrogens with one attached hydrogen (secondary N) is 1. The lowest BCUT2D eigenvalue weighted by atomic mass is 10.2. The Morgan fingerprint density at radius 3 is 2.24 bits per heavy atom. The van der Waals surface area contributed by atoms with Gasteiger partial charge in [0.15, 0.2) is 0 Å². The van der Waals surface area contributed by atoms with E-state index >= 15 is 0 Å². The van der Waals surface area contributed by atoms with E-state index in [2.05, 4.69) is 54.8 Å². The van der Waals surface area contributed by atoms with Gasteiger partial charge >= 0.3 is 0 Å². The molecule has 0 saturated heterocycles. The van der Waals surface area contributed by atoms with Gasteiger partial charge in [0.05, 0.1) is 16.7 Å². The molecule has 0 amide bonds. The number of rotatable bonds is 3. The first-order valence-electron chi connectivity index (χ1n) is 9.17. The third-order valence-corrected chi connectivity index (χ3v) is 3.71. The van der Waals surface area contributed by atoms with Crippen LogP contribution in [0.2, 0.25) is 0 Å². The second-order valence-corrected chi connectivity index (χ2v) is 5.54. The minimum atomic E-state index is 0.967. The van der Waals surface area contributed by atoms with Crippen LogP contribution in [0, 0.1) is 6.92 Å². The van der Waals surface area contributed by atoms with E-state index in [1.807, 2.05) is 50.2 Å². The molecule has 25 heavy (non-hydrogen) atoms. The molecule has 1 heterocycles. The number of H-pyrrole nitrogens is 1. The number of aryl methyl sites for hydroxylation is 2. The van der Waals surface area contributed by atoms with Crippen LogP contribution >= 0.6 is 0 Å². The summed E-state index contributed by atoms with van der Waals surface area (Å²) in [4.78, 5) is 12.1. The van der Waals surface area contributed by atoms with Crippen molar-refractivity contribution in [3.8, 4) is 0 Å². The van der Waals surface area contributed by atoms with E-state index in [0.29, 0.717) is 0 Å². The number of fused-ring (bicyclic) bond motifs is 1. The second-order valence-electron chi connectivity index (χ2n) is 5.54. The van der Waals surface area contributed by atoms with E-state index in [1.165, 1.54) is 11.3 Å². The first-order valence-corrected chi connectivity index (χ1v) is 9.17. The lowest BCUT2D eigenvalue weighted by molar-refractivity contribution is 1.00. The SMILES string of the molecule is CC.CCC(C)=Nc1ccccc1C.CCc1nc2ccccc2[nH]1. The van der Waals surface area contributed by atoms with Gasteiger partial charge in [-0.25, -0.2) is 4.98 Å². The maximum Gasteiger partial charge on any atom is 0.106 e. The van der Waals surface area contributed by atoms with Gasteiger partial charge in [0.1, 0.15) is 5.82 Å². The molecule has 0 spiro atoms. The smallest absolute Gasteiger partial charge is 0.106 e. The maximum atomic E-state index is 4.49. The molecule has 134 valence electrons. The maximum absolute atomic E-state index is 4.49. The molecule has 0 unspecified atom stereocenters. The van der Waals surface area contributed by atoms with Crippen LogP contribution in [-0.2, 0) is 6.42 Å². The van der Waals surface area contributed by atoms with Crippen molar-refractivity contribution in [3.05, 3.63) is 59.9 Å². The predicted octanol–water partition coefficient (Wildman–Crippen LogP) is 6.65. The summed E-state index contributed by atoms with van der Waals surface area (Å²) in [6.45, 7) is 12.4. The minimum Gasteiger partial charge on any atom is -0.342 e. The number of hydrogen-bond donors (Lipinski definition) is 1. The van der Waals surface area contributed by atoms with Crippen LogP contribution in [-0.4, -0.2) is 15.7 Å². The molecule has 3 heteroatoms. The van der Waals surface area contributed by atoms with Crippen LogP contribution in [0.3, 0.4) is 0 Å². The van der Waals surface area contributed by atoms with E-state index in [1.54, 1.807) is 0 Å². The summed E-state index contributed by atoms with van der Waals surface area (Å²) in [6, 6.07) is 16.3. The molecule has 0 aliphatic heterocycles. The van der Waals surface area contributed by atoms with Crippen LogP contribution < -0.4 is 0 Å². The van der Waals surface area contributed by atoms with Gasteiger partial charge in [-0.15, -0.1) is 0 Å². The zero-order valence-electron chi connectivity index (χ0n) is 16.4. The topological polar surface area (TPSA) is 41.0 Å². The average Bonchev–Trinajstić information content (AvgIpc) is 3.09. The quantitative estimate of drug-likeness (QED) is 0.534. The molecule has 0 radical (unpaired) electrons. The van der Waals surface area contributed by atoms with Gasteiger partial charge in [-0.05, 0) is 44.0 Å². The first-order chi connectivity index (χ1) is 12.1. The molecule has 1 aromatic heterocycles. The van der Waals surface area contributed by atoms with Crippen molar-refractivity contribution < 1.29 is 0 Å². The Morgan fingerprint density at radius 1 is 1.00 bits per heavy atom. The fourth-order valence-corrected chi connectivity index (χ4v) is 2.15. The Hall–Kier alpha value is -2.42. The molecule has 1 N–H and O–H groups in total. The van der Waals surface area contributed by atoms with Crippen molar-refractivity contribution in [1.82, 2.24) is 9.97 Å². The number of hydrogen-bond acceptors (Lipinski definition) is 2. The highest BCUT2D eigenvalue weighted by Gasteiger charge is 1.97. The largest absolute Gasteiger partial charge is 0.342 e. The van der Waals surface area contributed by atoms with E-state index in [4.69, 9.17) is 0 Å². The number of benzene rings is 2. The lowest BCUT2D eigenvalue weighted by Crippen LogP contribution is -1.86. The number of nitrogens with zero attached hydrogens (tertiary/aromatic N) is 2. The van der Waals surface area contributed by atoms with Gasteiger partial charge in [0.2, 0.25) is 0 Å². The molecular formula is C22H31N3. The third-order valence-electron chi connectivity index (χ3n) is 3.71. The number of aromatic amines is 1. The fourth-order valence-electron chi connectivity index (χ4n) is 2.15. The van der Waals surface area contributed by atoms with E-state index < -0.39 is 0 Å². The summed E-state index contributed by atoms with van der Waals surface area (Å²) in [7, 11) is 0. The summed E-state index contributed by atoms with van der Waals surface area (Å²) in [5.41, 5.74) is 5.71. The number of para-hydroxylation sites is 3. The molecule has 0 bridgehead atoms. The van der Waals surface area contributed by atoms with Gasteiger partial charge in [-0.3, -0.25) is 4.99 Å². The fraction of sp³-hybridized carbons (Fsp3) is 0.364. The molecule has 2 aromatic carbocycles. The Kier molecular flexibility index (Phi) is 9.23. The van der Waals surface area contributed by atoms with Gasteiger partial charge in [-0.1, -0.05) is 58.0 Å². The molecule has 3 nitrogen and oxygen atoms in total. The van der Waals surface area contributed by atoms with Gasteiger partial charge in [0.25, 0.3) is 0 Å². The normalized spacial score (nSPS) is 10.6. The molecule has 0 atom stereocenters. The number of aromatic nitrogens is 2. The summed E-state index contributed by atoms with van der Waals surface area (Å²) < 4.78 is 0.